The molecule has 2 N–H and O–H groups in total. The van der Waals surface area contributed by atoms with Crippen LogP contribution in [-0.2, 0) is 46.7 Å². The Hall–Kier alpha value is -2.86. The molecule has 0 spiro atoms. The fourth-order valence-corrected chi connectivity index (χ4v) is 6.83. The van der Waals surface area contributed by atoms with Crippen molar-refractivity contribution in [1.82, 2.24) is 14.7 Å². The Kier molecular flexibility index (Phi) is 16.7. The highest BCUT2D eigenvalue weighted by Crippen LogP contribution is 2.39. The lowest BCUT2D eigenvalue weighted by Gasteiger charge is -2.30. The fraction of sp³-hybridized carbons (Fsp3) is 0.633. The largest absolute Gasteiger partial charge is 0.507 e. The molecule has 0 amide bonds. The average molecular weight is 746 g/mol. The van der Waals surface area contributed by atoms with Gasteiger partial charge in [0.1, 0.15) is 11.5 Å². The summed E-state index contributed by atoms with van der Waals surface area (Å²) >= 11 is 0. The van der Waals surface area contributed by atoms with Crippen LogP contribution in [0.15, 0.2) is 36.4 Å². The van der Waals surface area contributed by atoms with E-state index in [2.05, 4.69) is 190 Å². The Balaban J connectivity index is 0.000000407. The summed E-state index contributed by atoms with van der Waals surface area (Å²) in [5.74, 6) is 0.893. The molecule has 0 unspecified atom stereocenters. The molecular weight excluding hydrogens is 663 g/mol. The Morgan fingerprint density at radius 1 is 0.407 bits per heavy atom. The predicted molar refractivity (Wildman–Crippen MR) is 238 cm³/mol. The summed E-state index contributed by atoms with van der Waals surface area (Å²) in [6.07, 6.45) is 0. The third-order valence-corrected chi connectivity index (χ3v) is 9.60. The Morgan fingerprint density at radius 3 is 1.07 bits per heavy atom. The van der Waals surface area contributed by atoms with E-state index in [0.29, 0.717) is 11.5 Å². The van der Waals surface area contributed by atoms with Gasteiger partial charge in [0, 0.05) is 25.2 Å². The first-order valence-electron chi connectivity index (χ1n) is 19.9. The van der Waals surface area contributed by atoms with Crippen LogP contribution < -0.4 is 0 Å². The summed E-state index contributed by atoms with van der Waals surface area (Å²) in [6, 6.07) is 13.3. The van der Waals surface area contributed by atoms with Crippen LogP contribution in [-0.4, -0.2) is 67.2 Å². The van der Waals surface area contributed by atoms with Crippen LogP contribution in [0.2, 0.25) is 0 Å². The van der Waals surface area contributed by atoms with Crippen LogP contribution in [0.4, 0.5) is 0 Å². The van der Waals surface area contributed by atoms with E-state index in [0.717, 1.165) is 41.9 Å². The number of hydrogen-bond acceptors (Lipinski definition) is 5. The topological polar surface area (TPSA) is 50.2 Å². The van der Waals surface area contributed by atoms with Gasteiger partial charge in [-0.15, -0.1) is 0 Å². The first-order valence-corrected chi connectivity index (χ1v) is 19.9. The molecule has 5 nitrogen and oxygen atoms in total. The minimum absolute atomic E-state index is 0.0167. The van der Waals surface area contributed by atoms with Crippen molar-refractivity contribution >= 4 is 0 Å². The quantitative estimate of drug-likeness (QED) is 0.263. The number of rotatable bonds is 6. The zero-order valence-electron chi connectivity index (χ0n) is 39.3. The van der Waals surface area contributed by atoms with Gasteiger partial charge in [0.25, 0.3) is 0 Å². The number of phenols is 2. The summed E-state index contributed by atoms with van der Waals surface area (Å²) in [5.41, 5.74) is 12.9. The highest BCUT2D eigenvalue weighted by Gasteiger charge is 2.26. The summed E-state index contributed by atoms with van der Waals surface area (Å²) < 4.78 is 0. The molecule has 0 radical (unpaired) electrons. The van der Waals surface area contributed by atoms with Crippen LogP contribution in [0, 0.1) is 13.8 Å². The lowest BCUT2D eigenvalue weighted by Crippen LogP contribution is -2.21. The molecule has 306 valence electrons. The minimum atomic E-state index is -0.0492. The third kappa shape index (κ3) is 15.0. The molecule has 5 heteroatoms. The van der Waals surface area contributed by atoms with Gasteiger partial charge in [-0.05, 0) is 133 Å². The molecule has 0 saturated heterocycles. The van der Waals surface area contributed by atoms with Crippen molar-refractivity contribution in [3.05, 3.63) is 92.0 Å². The molecule has 0 aliphatic heterocycles. The van der Waals surface area contributed by atoms with E-state index in [1.54, 1.807) is 0 Å². The van der Waals surface area contributed by atoms with Crippen molar-refractivity contribution in [3.8, 4) is 11.5 Å². The SMILES string of the molecule is CN(C)Cc1cc(C(C)(C)C)cc(C(C)(C)C)c1O.Cc1c(C(C)(C)C)cc(CN(C)C)cc1C(C)(C)C.Cc1cc(CN(C)C)cc(C(C)(C)C)c1O. The Morgan fingerprint density at radius 2 is 0.741 bits per heavy atom. The standard InChI is InChI=1S/C18H31N.C17H29NO.C14H23NO/c1-13-15(17(2,3)4)10-14(12-19(8)9)11-16(13)18(5,6)7;1-16(2,3)13-9-12(11-18(7)8)15(19)14(10-13)17(4,5)6;1-10-7-11(9-15(5)6)8-12(13(10)16)14(2,3)4/h10-11H,12H2,1-9H3;9-10,19H,11H2,1-8H3;7-8,16H,9H2,1-6H3. The van der Waals surface area contributed by atoms with Crippen LogP contribution in [0.3, 0.4) is 0 Å². The normalized spacial score (nSPS) is 12.9. The lowest BCUT2D eigenvalue weighted by molar-refractivity contribution is 0.378. The van der Waals surface area contributed by atoms with Gasteiger partial charge in [0.2, 0.25) is 0 Å². The first-order chi connectivity index (χ1) is 24.1. The Bertz CT molecular complexity index is 1610. The minimum Gasteiger partial charge on any atom is -0.507 e. The van der Waals surface area contributed by atoms with Gasteiger partial charge >= 0.3 is 0 Å². The second-order valence-electron chi connectivity index (χ2n) is 21.6. The molecule has 3 aromatic carbocycles. The Labute approximate surface area is 334 Å². The van der Waals surface area contributed by atoms with Gasteiger partial charge in [-0.3, -0.25) is 0 Å². The molecule has 0 bridgehead atoms. The number of nitrogens with zero attached hydrogens (tertiary/aromatic N) is 3. The van der Waals surface area contributed by atoms with Gasteiger partial charge in [0.15, 0.2) is 0 Å². The van der Waals surface area contributed by atoms with Crippen molar-refractivity contribution in [2.45, 2.75) is 164 Å². The summed E-state index contributed by atoms with van der Waals surface area (Å²) in [4.78, 5) is 6.47. The van der Waals surface area contributed by atoms with Crippen molar-refractivity contribution in [2.24, 2.45) is 0 Å². The first kappa shape index (κ1) is 49.2. The number of aryl methyl sites for hydroxylation is 1. The van der Waals surface area contributed by atoms with Gasteiger partial charge in [-0.25, -0.2) is 0 Å². The number of phenolic OH excluding ortho intramolecular Hbond substituents is 2. The van der Waals surface area contributed by atoms with E-state index in [4.69, 9.17) is 0 Å². The van der Waals surface area contributed by atoms with E-state index < -0.39 is 0 Å². The van der Waals surface area contributed by atoms with E-state index in [1.807, 2.05) is 21.0 Å². The van der Waals surface area contributed by atoms with Crippen LogP contribution in [0.25, 0.3) is 0 Å². The summed E-state index contributed by atoms with van der Waals surface area (Å²) in [5, 5.41) is 20.6. The van der Waals surface area contributed by atoms with Crippen LogP contribution in [0.5, 0.6) is 11.5 Å². The second-order valence-corrected chi connectivity index (χ2v) is 21.6. The highest BCUT2D eigenvalue weighted by molar-refractivity contribution is 5.49. The number of aromatic hydroxyl groups is 2. The molecule has 0 atom stereocenters. The molecule has 0 heterocycles. The van der Waals surface area contributed by atoms with Gasteiger partial charge in [0.05, 0.1) is 0 Å². The number of benzene rings is 3. The molecule has 0 aromatic heterocycles. The van der Waals surface area contributed by atoms with E-state index in [-0.39, 0.29) is 27.1 Å². The maximum Gasteiger partial charge on any atom is 0.123 e. The van der Waals surface area contributed by atoms with E-state index in [9.17, 15) is 10.2 Å². The molecule has 0 aliphatic rings. The molecule has 3 rings (SSSR count). The molecule has 0 aliphatic carbocycles. The maximum atomic E-state index is 10.5. The van der Waals surface area contributed by atoms with Gasteiger partial charge in [-0.1, -0.05) is 140 Å². The van der Waals surface area contributed by atoms with Crippen molar-refractivity contribution in [1.29, 1.82) is 0 Å². The van der Waals surface area contributed by atoms with Crippen molar-refractivity contribution in [3.63, 3.8) is 0 Å². The third-order valence-electron chi connectivity index (χ3n) is 9.60. The predicted octanol–water partition coefficient (Wildman–Crippen LogP) is 11.8. The lowest BCUT2D eigenvalue weighted by atomic mass is 9.76. The van der Waals surface area contributed by atoms with Crippen molar-refractivity contribution < 1.29 is 10.2 Å². The number of hydrogen-bond donors (Lipinski definition) is 2. The summed E-state index contributed by atoms with van der Waals surface area (Å²) in [6.45, 7) is 40.2. The molecule has 54 heavy (non-hydrogen) atoms. The molecule has 3 aromatic rings. The molecule has 0 saturated carbocycles. The second kappa shape index (κ2) is 18.4. The average Bonchev–Trinajstić information content (AvgIpc) is 2.93. The maximum absolute atomic E-state index is 10.5. The van der Waals surface area contributed by atoms with Crippen molar-refractivity contribution in [2.75, 3.05) is 42.3 Å². The zero-order valence-corrected chi connectivity index (χ0v) is 39.3. The molecular formula is C49H83N3O2. The zero-order chi connectivity index (χ0) is 42.5. The highest BCUT2D eigenvalue weighted by atomic mass is 16.3. The fourth-order valence-electron chi connectivity index (χ4n) is 6.83. The van der Waals surface area contributed by atoms with Gasteiger partial charge in [-0.2, -0.15) is 0 Å². The summed E-state index contributed by atoms with van der Waals surface area (Å²) in [7, 11) is 12.4. The molecule has 0 fully saturated rings. The van der Waals surface area contributed by atoms with E-state index >= 15 is 0 Å². The van der Waals surface area contributed by atoms with Gasteiger partial charge < -0.3 is 24.9 Å². The van der Waals surface area contributed by atoms with Crippen LogP contribution >= 0.6 is 0 Å². The van der Waals surface area contributed by atoms with Crippen LogP contribution in [0.1, 0.15) is 159 Å². The monoisotopic (exact) mass is 746 g/mol. The smallest absolute Gasteiger partial charge is 0.123 e. The van der Waals surface area contributed by atoms with E-state index in [1.165, 1.54) is 33.4 Å².